The van der Waals surface area contributed by atoms with Gasteiger partial charge >= 0.3 is 5.97 Å². The Morgan fingerprint density at radius 1 is 0.705 bits per heavy atom. The maximum absolute atomic E-state index is 13.8. The molecule has 8 nitrogen and oxygen atoms in total. The highest BCUT2D eigenvalue weighted by atomic mass is 16.5. The van der Waals surface area contributed by atoms with Crippen molar-refractivity contribution in [3.05, 3.63) is 78.4 Å². The minimum Gasteiger partial charge on any atom is -0.469 e. The molecule has 2 fully saturated rings. The van der Waals surface area contributed by atoms with Crippen LogP contribution in [0.1, 0.15) is 61.7 Å². The monoisotopic (exact) mass is 596 g/mol. The van der Waals surface area contributed by atoms with E-state index in [9.17, 15) is 14.4 Å². The number of aromatic nitrogens is 1. The van der Waals surface area contributed by atoms with E-state index in [0.717, 1.165) is 87.2 Å². The molecule has 0 saturated carbocycles. The van der Waals surface area contributed by atoms with Gasteiger partial charge in [-0.3, -0.25) is 19.3 Å². The molecule has 0 spiro atoms. The second-order valence-electron chi connectivity index (χ2n) is 11.8. The lowest BCUT2D eigenvalue weighted by Crippen LogP contribution is -2.54. The first-order chi connectivity index (χ1) is 21.5. The zero-order valence-corrected chi connectivity index (χ0v) is 25.8. The number of hydrogen-bond acceptors (Lipinski definition) is 6. The van der Waals surface area contributed by atoms with Crippen molar-refractivity contribution in [1.29, 1.82) is 0 Å². The second kappa shape index (κ2) is 15.6. The first kappa shape index (κ1) is 31.4. The summed E-state index contributed by atoms with van der Waals surface area (Å²) in [5.74, 6) is 0.126. The largest absolute Gasteiger partial charge is 0.469 e. The van der Waals surface area contributed by atoms with Crippen LogP contribution >= 0.6 is 0 Å². The van der Waals surface area contributed by atoms with Crippen LogP contribution in [0.5, 0.6) is 0 Å². The van der Waals surface area contributed by atoms with Crippen LogP contribution in [0.15, 0.2) is 72.8 Å². The molecule has 2 aliphatic rings. The number of likely N-dealkylation sites (tertiary alicyclic amines) is 1. The average molecular weight is 597 g/mol. The summed E-state index contributed by atoms with van der Waals surface area (Å²) in [7, 11) is 1.41. The number of amides is 2. The number of esters is 1. The smallest absolute Gasteiger partial charge is 0.305 e. The van der Waals surface area contributed by atoms with E-state index in [-0.39, 0.29) is 17.8 Å². The Balaban J connectivity index is 1.11. The van der Waals surface area contributed by atoms with Crippen molar-refractivity contribution in [3.63, 3.8) is 0 Å². The number of methoxy groups -OCH3 is 1. The molecule has 2 aliphatic heterocycles. The van der Waals surface area contributed by atoms with E-state index in [1.807, 2.05) is 82.6 Å². The Morgan fingerprint density at radius 3 is 1.80 bits per heavy atom. The third-order valence-corrected chi connectivity index (χ3v) is 8.90. The Morgan fingerprint density at radius 2 is 1.25 bits per heavy atom. The Labute approximate surface area is 261 Å². The number of pyridine rings is 1. The topological polar surface area (TPSA) is 83.1 Å². The molecule has 0 atom stereocenters. The van der Waals surface area contributed by atoms with Gasteiger partial charge < -0.3 is 14.5 Å². The highest BCUT2D eigenvalue weighted by Gasteiger charge is 2.30. The highest BCUT2D eigenvalue weighted by Crippen LogP contribution is 2.26. The molecule has 232 valence electrons. The third kappa shape index (κ3) is 8.32. The minimum absolute atomic E-state index is 0.0483. The van der Waals surface area contributed by atoms with Crippen molar-refractivity contribution in [2.24, 2.45) is 0 Å². The maximum Gasteiger partial charge on any atom is 0.305 e. The van der Waals surface area contributed by atoms with Gasteiger partial charge in [-0.25, -0.2) is 4.98 Å². The first-order valence-electron chi connectivity index (χ1n) is 16.0. The minimum atomic E-state index is -0.166. The van der Waals surface area contributed by atoms with Crippen molar-refractivity contribution in [3.8, 4) is 22.5 Å². The number of unbranched alkanes of at least 4 members (excludes halogenated alkanes) is 3. The van der Waals surface area contributed by atoms with Crippen LogP contribution in [0.3, 0.4) is 0 Å². The highest BCUT2D eigenvalue weighted by molar-refractivity contribution is 5.96. The molecular formula is C36H44N4O4. The summed E-state index contributed by atoms with van der Waals surface area (Å²) >= 11 is 0. The van der Waals surface area contributed by atoms with Crippen molar-refractivity contribution in [1.82, 2.24) is 19.7 Å². The molecule has 2 saturated heterocycles. The van der Waals surface area contributed by atoms with E-state index >= 15 is 0 Å². The summed E-state index contributed by atoms with van der Waals surface area (Å²) in [5.41, 5.74) is 4.25. The van der Waals surface area contributed by atoms with Crippen LogP contribution in [-0.2, 0) is 14.3 Å². The lowest BCUT2D eigenvalue weighted by molar-refractivity contribution is -0.140. The zero-order chi connectivity index (χ0) is 30.7. The molecule has 1 aromatic heterocycles. The normalized spacial score (nSPS) is 16.1. The summed E-state index contributed by atoms with van der Waals surface area (Å²) in [6, 6.07) is 24.3. The molecule has 2 aromatic carbocycles. The molecule has 44 heavy (non-hydrogen) atoms. The third-order valence-electron chi connectivity index (χ3n) is 8.90. The van der Waals surface area contributed by atoms with Crippen molar-refractivity contribution in [2.75, 3.05) is 46.4 Å². The van der Waals surface area contributed by atoms with E-state index in [1.54, 1.807) is 0 Å². The summed E-state index contributed by atoms with van der Waals surface area (Å²) in [5, 5.41) is 0. The van der Waals surface area contributed by atoms with Gasteiger partial charge in [-0.05, 0) is 37.8 Å². The molecule has 8 heteroatoms. The molecule has 0 aliphatic carbocycles. The number of hydrogen-bond donors (Lipinski definition) is 0. The van der Waals surface area contributed by atoms with E-state index in [0.29, 0.717) is 37.5 Å². The van der Waals surface area contributed by atoms with Crippen molar-refractivity contribution < 1.29 is 19.1 Å². The van der Waals surface area contributed by atoms with Gasteiger partial charge in [-0.1, -0.05) is 73.5 Å². The fraction of sp³-hybridized carbons (Fsp3) is 0.444. The number of ether oxygens (including phenoxy) is 1. The summed E-state index contributed by atoms with van der Waals surface area (Å²) < 4.78 is 4.67. The van der Waals surface area contributed by atoms with Gasteiger partial charge in [0.25, 0.3) is 5.91 Å². The number of carbonyl (C=O) groups excluding carboxylic acids is 3. The zero-order valence-electron chi connectivity index (χ0n) is 25.8. The predicted molar refractivity (Wildman–Crippen MR) is 172 cm³/mol. The molecule has 3 heterocycles. The van der Waals surface area contributed by atoms with Crippen molar-refractivity contribution in [2.45, 2.75) is 57.4 Å². The molecule has 2 amide bonds. The molecule has 0 bridgehead atoms. The van der Waals surface area contributed by atoms with Crippen LogP contribution < -0.4 is 0 Å². The molecule has 3 aromatic rings. The van der Waals surface area contributed by atoms with Crippen LogP contribution in [0.2, 0.25) is 0 Å². The number of nitrogens with zero attached hydrogens (tertiary/aromatic N) is 4. The fourth-order valence-corrected chi connectivity index (χ4v) is 6.28. The standard InChI is InChI=1S/C36H44N4O4/c1-44-35(42)17-11-3-2-10-16-34(41)39-20-18-31(19-21-39)38-22-24-40(25-23-38)36(43)30-26-32(28-12-6-4-7-13-28)37-33(27-30)29-14-8-5-9-15-29/h4-9,12-15,26-27,31H,2-3,10-11,16-25H2,1H3. The van der Waals surface area contributed by atoms with E-state index < -0.39 is 0 Å². The lowest BCUT2D eigenvalue weighted by Gasteiger charge is -2.42. The number of piperidine rings is 1. The Bertz CT molecular complexity index is 1320. The SMILES string of the molecule is COC(=O)CCCCCCC(=O)N1CCC(N2CCN(C(=O)c3cc(-c4ccccc4)nc(-c4ccccc4)c3)CC2)CC1. The summed E-state index contributed by atoms with van der Waals surface area (Å²) in [6.07, 6.45) is 6.58. The molecule has 0 unspecified atom stereocenters. The summed E-state index contributed by atoms with van der Waals surface area (Å²) in [4.78, 5) is 49.1. The van der Waals surface area contributed by atoms with E-state index in [4.69, 9.17) is 4.98 Å². The van der Waals surface area contributed by atoms with E-state index in [2.05, 4.69) is 9.64 Å². The number of benzene rings is 2. The average Bonchev–Trinajstić information content (AvgIpc) is 3.10. The van der Waals surface area contributed by atoms with Gasteiger partial charge in [0.2, 0.25) is 5.91 Å². The second-order valence-corrected chi connectivity index (χ2v) is 11.8. The molecule has 0 radical (unpaired) electrons. The quantitative estimate of drug-likeness (QED) is 0.209. The first-order valence-corrected chi connectivity index (χ1v) is 16.0. The molecule has 5 rings (SSSR count). The van der Waals surface area contributed by atoms with Gasteiger partial charge in [-0.15, -0.1) is 0 Å². The van der Waals surface area contributed by atoms with Gasteiger partial charge in [0, 0.05) is 74.8 Å². The number of piperazine rings is 1. The Hall–Kier alpha value is -4.04. The number of carbonyl (C=O) groups is 3. The van der Waals surface area contributed by atoms with Gasteiger partial charge in [0.1, 0.15) is 0 Å². The van der Waals surface area contributed by atoms with Gasteiger partial charge in [-0.2, -0.15) is 0 Å². The molecule has 0 N–H and O–H groups in total. The van der Waals surface area contributed by atoms with Gasteiger partial charge in [0.15, 0.2) is 0 Å². The van der Waals surface area contributed by atoms with Crippen LogP contribution in [-0.4, -0.2) is 89.9 Å². The number of rotatable bonds is 11. The van der Waals surface area contributed by atoms with Crippen LogP contribution in [0, 0.1) is 0 Å². The fourth-order valence-electron chi connectivity index (χ4n) is 6.28. The van der Waals surface area contributed by atoms with Gasteiger partial charge in [0.05, 0.1) is 18.5 Å². The lowest BCUT2D eigenvalue weighted by atomic mass is 10.0. The maximum atomic E-state index is 13.8. The van der Waals surface area contributed by atoms with Crippen LogP contribution in [0.4, 0.5) is 0 Å². The summed E-state index contributed by atoms with van der Waals surface area (Å²) in [6.45, 7) is 4.67. The van der Waals surface area contributed by atoms with E-state index in [1.165, 1.54) is 7.11 Å². The van der Waals surface area contributed by atoms with Crippen LogP contribution in [0.25, 0.3) is 22.5 Å². The Kier molecular flexibility index (Phi) is 11.1. The van der Waals surface area contributed by atoms with Crippen molar-refractivity contribution >= 4 is 17.8 Å². The predicted octanol–water partition coefficient (Wildman–Crippen LogP) is 5.68. The molecular weight excluding hydrogens is 552 g/mol.